The van der Waals surface area contributed by atoms with Crippen LogP contribution >= 0.6 is 0 Å². The topological polar surface area (TPSA) is 72.6 Å². The molecule has 1 aromatic carbocycles. The van der Waals surface area contributed by atoms with Crippen LogP contribution in [-0.4, -0.2) is 24.0 Å². The molecule has 0 saturated heterocycles. The summed E-state index contributed by atoms with van der Waals surface area (Å²) in [6, 6.07) is 5.78. The van der Waals surface area contributed by atoms with E-state index in [0.717, 1.165) is 0 Å². The number of nitrogens with two attached hydrogens (primary N) is 1. The van der Waals surface area contributed by atoms with Crippen molar-refractivity contribution in [2.75, 3.05) is 6.54 Å². The van der Waals surface area contributed by atoms with Crippen LogP contribution in [0.3, 0.4) is 0 Å². The van der Waals surface area contributed by atoms with Gasteiger partial charge in [0.1, 0.15) is 5.75 Å². The first-order chi connectivity index (χ1) is 9.78. The molecule has 0 aliphatic carbocycles. The number of benzene rings is 1. The third-order valence-corrected chi connectivity index (χ3v) is 3.28. The lowest BCUT2D eigenvalue weighted by Gasteiger charge is -2.22. The van der Waals surface area contributed by atoms with Gasteiger partial charge in [0.15, 0.2) is 0 Å². The van der Waals surface area contributed by atoms with Crippen LogP contribution < -0.4 is 10.5 Å². The highest BCUT2D eigenvalue weighted by molar-refractivity contribution is 5.70. The molecular formula is C14H18F3NO3. The number of aliphatic carboxylic acids is 1. The van der Waals surface area contributed by atoms with Crippen LogP contribution in [0.2, 0.25) is 0 Å². The van der Waals surface area contributed by atoms with Crippen molar-refractivity contribution in [1.29, 1.82) is 0 Å². The van der Waals surface area contributed by atoms with Crippen LogP contribution in [0.25, 0.3) is 0 Å². The molecule has 118 valence electrons. The van der Waals surface area contributed by atoms with Crippen LogP contribution in [0.5, 0.6) is 5.75 Å². The molecule has 0 heterocycles. The smallest absolute Gasteiger partial charge is 0.481 e. The van der Waals surface area contributed by atoms with E-state index in [9.17, 15) is 18.0 Å². The number of hydrogen-bond donors (Lipinski definition) is 2. The van der Waals surface area contributed by atoms with Gasteiger partial charge in [-0.1, -0.05) is 25.1 Å². The minimum absolute atomic E-state index is 0.0614. The molecule has 4 nitrogen and oxygen atoms in total. The van der Waals surface area contributed by atoms with Crippen molar-refractivity contribution in [2.45, 2.75) is 32.0 Å². The van der Waals surface area contributed by atoms with Crippen molar-refractivity contribution in [2.24, 2.45) is 11.7 Å². The number of carbonyl (C=O) groups is 1. The van der Waals surface area contributed by atoms with Crippen molar-refractivity contribution in [3.05, 3.63) is 29.8 Å². The van der Waals surface area contributed by atoms with Crippen molar-refractivity contribution < 1.29 is 27.8 Å². The summed E-state index contributed by atoms with van der Waals surface area (Å²) in [5.74, 6) is -2.51. The predicted molar refractivity (Wildman–Crippen MR) is 71.0 cm³/mol. The first kappa shape index (κ1) is 17.3. The number of carboxylic acids is 1. The van der Waals surface area contributed by atoms with Gasteiger partial charge < -0.3 is 15.6 Å². The molecule has 0 bridgehead atoms. The zero-order chi connectivity index (χ0) is 16.0. The highest BCUT2D eigenvalue weighted by Crippen LogP contribution is 2.36. The van der Waals surface area contributed by atoms with E-state index in [1.165, 1.54) is 18.2 Å². The van der Waals surface area contributed by atoms with Gasteiger partial charge in [0, 0.05) is 6.54 Å². The third-order valence-electron chi connectivity index (χ3n) is 3.28. The minimum atomic E-state index is -4.78. The van der Waals surface area contributed by atoms with Crippen molar-refractivity contribution >= 4 is 5.97 Å². The van der Waals surface area contributed by atoms with Crippen molar-refractivity contribution in [3.63, 3.8) is 0 Å². The lowest BCUT2D eigenvalue weighted by atomic mass is 9.86. The Bertz CT molecular complexity index is 477. The summed E-state index contributed by atoms with van der Waals surface area (Å²) in [5, 5.41) is 9.03. The molecule has 0 amide bonds. The van der Waals surface area contributed by atoms with Gasteiger partial charge in [-0.2, -0.15) is 0 Å². The highest BCUT2D eigenvalue weighted by atomic mass is 19.4. The van der Waals surface area contributed by atoms with Crippen LogP contribution in [0, 0.1) is 5.92 Å². The summed E-state index contributed by atoms with van der Waals surface area (Å²) in [6.45, 7) is 1.72. The molecule has 1 rings (SSSR count). The summed E-state index contributed by atoms with van der Waals surface area (Å²) < 4.78 is 41.2. The van der Waals surface area contributed by atoms with Gasteiger partial charge in [0.25, 0.3) is 0 Å². The molecule has 21 heavy (non-hydrogen) atoms. The Morgan fingerprint density at radius 3 is 2.48 bits per heavy atom. The maximum Gasteiger partial charge on any atom is 0.573 e. The van der Waals surface area contributed by atoms with E-state index < -0.39 is 18.2 Å². The molecule has 2 unspecified atom stereocenters. The number of halogens is 3. The minimum Gasteiger partial charge on any atom is -0.481 e. The summed E-state index contributed by atoms with van der Waals surface area (Å²) in [5.41, 5.74) is 5.75. The fourth-order valence-corrected chi connectivity index (χ4v) is 2.19. The van der Waals surface area contributed by atoms with Crippen LogP contribution in [-0.2, 0) is 4.79 Å². The zero-order valence-electron chi connectivity index (χ0n) is 11.6. The first-order valence-electron chi connectivity index (χ1n) is 6.56. The number of rotatable bonds is 7. The first-order valence-corrected chi connectivity index (χ1v) is 6.56. The third kappa shape index (κ3) is 5.26. The quantitative estimate of drug-likeness (QED) is 0.812. The number of hydrogen-bond acceptors (Lipinski definition) is 3. The van der Waals surface area contributed by atoms with Crippen LogP contribution in [0.4, 0.5) is 13.2 Å². The molecule has 1 aromatic rings. The van der Waals surface area contributed by atoms with Crippen LogP contribution in [0.15, 0.2) is 24.3 Å². The van der Waals surface area contributed by atoms with Gasteiger partial charge in [-0.15, -0.1) is 13.2 Å². The van der Waals surface area contributed by atoms with Crippen molar-refractivity contribution in [1.82, 2.24) is 0 Å². The molecule has 2 atom stereocenters. The molecular weight excluding hydrogens is 287 g/mol. The van der Waals surface area contributed by atoms with E-state index >= 15 is 0 Å². The molecule has 3 N–H and O–H groups in total. The van der Waals surface area contributed by atoms with Crippen LogP contribution in [0.1, 0.15) is 31.2 Å². The second-order valence-corrected chi connectivity index (χ2v) is 4.70. The Morgan fingerprint density at radius 2 is 2.00 bits per heavy atom. The molecule has 0 radical (unpaired) electrons. The number of para-hydroxylation sites is 1. The Morgan fingerprint density at radius 1 is 1.38 bits per heavy atom. The normalized spacial score (nSPS) is 14.5. The summed E-state index contributed by atoms with van der Waals surface area (Å²) >= 11 is 0. The summed E-state index contributed by atoms with van der Waals surface area (Å²) in [4.78, 5) is 11.0. The lowest BCUT2D eigenvalue weighted by Crippen LogP contribution is -2.25. The molecule has 0 aliphatic rings. The van der Waals surface area contributed by atoms with Gasteiger partial charge >= 0.3 is 12.3 Å². The largest absolute Gasteiger partial charge is 0.573 e. The summed E-state index contributed by atoms with van der Waals surface area (Å²) in [6.07, 6.45) is -4.13. The number of ether oxygens (including phenoxy) is 1. The lowest BCUT2D eigenvalue weighted by molar-refractivity contribution is -0.275. The molecule has 0 aliphatic heterocycles. The second kappa shape index (κ2) is 7.31. The predicted octanol–water partition coefficient (Wildman–Crippen LogP) is 3.13. The van der Waals surface area contributed by atoms with E-state index in [-0.39, 0.29) is 24.6 Å². The Kier molecular flexibility index (Phi) is 6.02. The van der Waals surface area contributed by atoms with Gasteiger partial charge in [-0.05, 0) is 30.4 Å². The number of alkyl halides is 3. The molecule has 0 fully saturated rings. The van der Waals surface area contributed by atoms with E-state index in [2.05, 4.69) is 4.74 Å². The molecule has 0 saturated carbocycles. The van der Waals surface area contributed by atoms with E-state index in [4.69, 9.17) is 10.8 Å². The van der Waals surface area contributed by atoms with E-state index in [1.54, 1.807) is 13.0 Å². The average molecular weight is 305 g/mol. The van der Waals surface area contributed by atoms with Crippen molar-refractivity contribution in [3.8, 4) is 5.75 Å². The second-order valence-electron chi connectivity index (χ2n) is 4.70. The van der Waals surface area contributed by atoms with Gasteiger partial charge in [-0.25, -0.2) is 0 Å². The fourth-order valence-electron chi connectivity index (χ4n) is 2.19. The Labute approximate surface area is 120 Å². The average Bonchev–Trinajstić information content (AvgIpc) is 2.39. The highest BCUT2D eigenvalue weighted by Gasteiger charge is 2.33. The standard InChI is InChI=1S/C14H18F3NO3/c1-2-9(7-10(8-18)13(19)20)11-5-3-4-6-12(11)21-14(15,16)17/h3-6,9-10H,2,7-8,18H2,1H3,(H,19,20). The molecule has 7 heteroatoms. The SMILES string of the molecule is CCC(CC(CN)C(=O)O)c1ccccc1OC(F)(F)F. The number of carboxylic acid groups (broad SMARTS) is 1. The Hall–Kier alpha value is -1.76. The maximum absolute atomic E-state index is 12.4. The van der Waals surface area contributed by atoms with Gasteiger partial charge in [0.2, 0.25) is 0 Å². The van der Waals surface area contributed by atoms with Gasteiger partial charge in [0.05, 0.1) is 5.92 Å². The maximum atomic E-state index is 12.4. The molecule has 0 spiro atoms. The van der Waals surface area contributed by atoms with Gasteiger partial charge in [-0.3, -0.25) is 4.79 Å². The molecule has 0 aromatic heterocycles. The Balaban J connectivity index is 3.02. The van der Waals surface area contributed by atoms with E-state index in [0.29, 0.717) is 12.0 Å². The van der Waals surface area contributed by atoms with E-state index in [1.807, 2.05) is 0 Å². The summed E-state index contributed by atoms with van der Waals surface area (Å²) in [7, 11) is 0. The monoisotopic (exact) mass is 305 g/mol. The fraction of sp³-hybridized carbons (Fsp3) is 0.500. The zero-order valence-corrected chi connectivity index (χ0v) is 11.6.